The second-order valence-corrected chi connectivity index (χ2v) is 8.46. The van der Waals surface area contributed by atoms with Gasteiger partial charge in [-0.15, -0.1) is 0 Å². The van der Waals surface area contributed by atoms with Crippen molar-refractivity contribution in [1.82, 2.24) is 5.32 Å². The van der Waals surface area contributed by atoms with Crippen LogP contribution >= 0.6 is 0 Å². The van der Waals surface area contributed by atoms with Crippen molar-refractivity contribution in [3.63, 3.8) is 0 Å². The average molecular weight is 369 g/mol. The third-order valence-corrected chi connectivity index (χ3v) is 5.79. The van der Waals surface area contributed by atoms with Gasteiger partial charge in [0.25, 0.3) is 5.91 Å². The number of aryl methyl sites for hydroxylation is 1. The molecule has 0 radical (unpaired) electrons. The van der Waals surface area contributed by atoms with Crippen LogP contribution in [0, 0.1) is 6.92 Å². The van der Waals surface area contributed by atoms with Crippen molar-refractivity contribution in [3.8, 4) is 5.75 Å². The van der Waals surface area contributed by atoms with Crippen molar-refractivity contribution in [1.29, 1.82) is 0 Å². The zero-order chi connectivity index (χ0) is 18.6. The minimum absolute atomic E-state index is 0.0136. The summed E-state index contributed by atoms with van der Waals surface area (Å²) in [7, 11) is -1.56. The third kappa shape index (κ3) is 5.45. The van der Waals surface area contributed by atoms with Crippen LogP contribution in [0.4, 0.5) is 0 Å². The van der Waals surface area contributed by atoms with Gasteiger partial charge in [0.05, 0.1) is 25.0 Å². The molecule has 0 spiro atoms. The standard InChI is InChI=1S/C17H23NO6S/c1-11-4-5-15(23-3)13(8-11)9-16(19)24-12(2)17(20)18-14-6-7-25(21,22)10-14/h4-5,8,12,14H,6-7,9-10H2,1-3H3,(H,18,20)/t12-,14-/m0/s1. The first kappa shape index (κ1) is 19.2. The van der Waals surface area contributed by atoms with Crippen molar-refractivity contribution in [3.05, 3.63) is 29.3 Å². The second kappa shape index (κ2) is 7.86. The fraction of sp³-hybridized carbons (Fsp3) is 0.529. The molecule has 7 nitrogen and oxygen atoms in total. The van der Waals surface area contributed by atoms with E-state index in [-0.39, 0.29) is 17.9 Å². The molecule has 0 bridgehead atoms. The van der Waals surface area contributed by atoms with Crippen LogP contribution < -0.4 is 10.1 Å². The number of hydrogen-bond donors (Lipinski definition) is 1. The molecule has 8 heteroatoms. The van der Waals surface area contributed by atoms with Gasteiger partial charge in [-0.05, 0) is 26.3 Å². The molecule has 2 atom stereocenters. The van der Waals surface area contributed by atoms with Crippen molar-refractivity contribution < 1.29 is 27.5 Å². The molecule has 1 heterocycles. The molecule has 0 unspecified atom stereocenters. The van der Waals surface area contributed by atoms with Crippen molar-refractivity contribution in [2.24, 2.45) is 0 Å². The molecular formula is C17H23NO6S. The van der Waals surface area contributed by atoms with Gasteiger partial charge < -0.3 is 14.8 Å². The van der Waals surface area contributed by atoms with Crippen molar-refractivity contribution >= 4 is 21.7 Å². The van der Waals surface area contributed by atoms with E-state index >= 15 is 0 Å². The third-order valence-electron chi connectivity index (χ3n) is 4.03. The van der Waals surface area contributed by atoms with Gasteiger partial charge in [0, 0.05) is 11.6 Å². The van der Waals surface area contributed by atoms with Crippen LogP contribution in [0.1, 0.15) is 24.5 Å². The van der Waals surface area contributed by atoms with E-state index in [2.05, 4.69) is 5.32 Å². The number of esters is 1. The fourth-order valence-corrected chi connectivity index (χ4v) is 4.39. The van der Waals surface area contributed by atoms with Gasteiger partial charge in [0.1, 0.15) is 5.75 Å². The van der Waals surface area contributed by atoms with E-state index in [4.69, 9.17) is 9.47 Å². The molecule has 1 saturated heterocycles. The molecule has 1 aromatic carbocycles. The Morgan fingerprint density at radius 2 is 2.08 bits per heavy atom. The molecule has 1 aromatic rings. The number of amides is 1. The van der Waals surface area contributed by atoms with E-state index in [0.717, 1.165) is 5.56 Å². The van der Waals surface area contributed by atoms with Gasteiger partial charge in [-0.25, -0.2) is 8.42 Å². The number of nitrogens with one attached hydrogen (secondary N) is 1. The zero-order valence-corrected chi connectivity index (χ0v) is 15.4. The minimum Gasteiger partial charge on any atom is -0.496 e. The Hall–Kier alpha value is -2.09. The van der Waals surface area contributed by atoms with E-state index in [1.807, 2.05) is 19.1 Å². The van der Waals surface area contributed by atoms with E-state index in [1.54, 1.807) is 6.07 Å². The second-order valence-electron chi connectivity index (χ2n) is 6.23. The maximum atomic E-state index is 12.1. The van der Waals surface area contributed by atoms with Crippen LogP contribution in [0.5, 0.6) is 5.75 Å². The van der Waals surface area contributed by atoms with Crippen LogP contribution in [-0.4, -0.2) is 51.1 Å². The smallest absolute Gasteiger partial charge is 0.311 e. The Bertz CT molecular complexity index is 758. The summed E-state index contributed by atoms with van der Waals surface area (Å²) < 4.78 is 33.2. The Morgan fingerprint density at radius 3 is 2.68 bits per heavy atom. The molecular weight excluding hydrogens is 346 g/mol. The number of benzene rings is 1. The van der Waals surface area contributed by atoms with E-state index in [9.17, 15) is 18.0 Å². The molecule has 2 rings (SSSR count). The molecule has 0 aromatic heterocycles. The number of carbonyl (C=O) groups excluding carboxylic acids is 2. The highest BCUT2D eigenvalue weighted by molar-refractivity contribution is 7.91. The van der Waals surface area contributed by atoms with Gasteiger partial charge in [0.2, 0.25) is 0 Å². The number of rotatable bonds is 6. The average Bonchev–Trinajstić information content (AvgIpc) is 2.86. The van der Waals surface area contributed by atoms with E-state index < -0.39 is 33.9 Å². The van der Waals surface area contributed by atoms with Gasteiger partial charge in [-0.2, -0.15) is 0 Å². The highest BCUT2D eigenvalue weighted by Gasteiger charge is 2.30. The lowest BCUT2D eigenvalue weighted by Gasteiger charge is -2.17. The molecule has 1 aliphatic heterocycles. The predicted molar refractivity (Wildman–Crippen MR) is 92.2 cm³/mol. The molecule has 25 heavy (non-hydrogen) atoms. The van der Waals surface area contributed by atoms with Crippen LogP contribution in [0.2, 0.25) is 0 Å². The predicted octanol–water partition coefficient (Wildman–Crippen LogP) is 0.781. The molecule has 0 saturated carbocycles. The van der Waals surface area contributed by atoms with Gasteiger partial charge in [-0.1, -0.05) is 17.7 Å². The molecule has 138 valence electrons. The minimum atomic E-state index is -3.08. The number of hydrogen-bond acceptors (Lipinski definition) is 6. The summed E-state index contributed by atoms with van der Waals surface area (Å²) in [5.74, 6) is -0.466. The lowest BCUT2D eigenvalue weighted by Crippen LogP contribution is -2.42. The SMILES string of the molecule is COc1ccc(C)cc1CC(=O)O[C@@H](C)C(=O)N[C@H]1CCS(=O)(=O)C1. The highest BCUT2D eigenvalue weighted by Crippen LogP contribution is 2.20. The summed E-state index contributed by atoms with van der Waals surface area (Å²) in [4.78, 5) is 24.2. The van der Waals surface area contributed by atoms with Crippen LogP contribution in [0.25, 0.3) is 0 Å². The number of methoxy groups -OCH3 is 1. The number of carbonyl (C=O) groups is 2. The van der Waals surface area contributed by atoms with E-state index in [0.29, 0.717) is 17.7 Å². The number of ether oxygens (including phenoxy) is 2. The monoisotopic (exact) mass is 369 g/mol. The first-order valence-electron chi connectivity index (χ1n) is 8.04. The van der Waals surface area contributed by atoms with Crippen molar-refractivity contribution in [2.45, 2.75) is 38.8 Å². The molecule has 1 N–H and O–H groups in total. The molecule has 0 aliphatic carbocycles. The first-order chi connectivity index (χ1) is 11.7. The molecule has 1 amide bonds. The van der Waals surface area contributed by atoms with Crippen molar-refractivity contribution in [2.75, 3.05) is 18.6 Å². The summed E-state index contributed by atoms with van der Waals surface area (Å²) in [6.07, 6.45) is -0.623. The molecule has 1 aliphatic rings. The summed E-state index contributed by atoms with van der Waals surface area (Å²) in [5.41, 5.74) is 1.67. The summed E-state index contributed by atoms with van der Waals surface area (Å²) in [5, 5.41) is 2.62. The van der Waals surface area contributed by atoms with Crippen LogP contribution in [0.15, 0.2) is 18.2 Å². The van der Waals surface area contributed by atoms with Crippen LogP contribution in [0.3, 0.4) is 0 Å². The Morgan fingerprint density at radius 1 is 1.36 bits per heavy atom. The summed E-state index contributed by atoms with van der Waals surface area (Å²) in [6.45, 7) is 3.37. The number of sulfone groups is 1. The van der Waals surface area contributed by atoms with Gasteiger partial charge in [0.15, 0.2) is 15.9 Å². The Labute approximate surface area is 147 Å². The largest absolute Gasteiger partial charge is 0.496 e. The summed E-state index contributed by atoms with van der Waals surface area (Å²) >= 11 is 0. The van der Waals surface area contributed by atoms with Crippen LogP contribution in [-0.2, 0) is 30.6 Å². The van der Waals surface area contributed by atoms with Gasteiger partial charge in [-0.3, -0.25) is 9.59 Å². The summed E-state index contributed by atoms with van der Waals surface area (Å²) in [6, 6.07) is 5.05. The van der Waals surface area contributed by atoms with E-state index in [1.165, 1.54) is 14.0 Å². The zero-order valence-electron chi connectivity index (χ0n) is 14.6. The quantitative estimate of drug-likeness (QED) is 0.744. The Balaban J connectivity index is 1.89. The topological polar surface area (TPSA) is 98.8 Å². The highest BCUT2D eigenvalue weighted by atomic mass is 32.2. The molecule has 1 fully saturated rings. The fourth-order valence-electron chi connectivity index (χ4n) is 2.72. The Kier molecular flexibility index (Phi) is 6.05. The normalized spacial score (nSPS) is 19.9. The maximum Gasteiger partial charge on any atom is 0.311 e. The van der Waals surface area contributed by atoms with Gasteiger partial charge >= 0.3 is 5.97 Å². The first-order valence-corrected chi connectivity index (χ1v) is 9.86. The lowest BCUT2D eigenvalue weighted by molar-refractivity contribution is -0.154. The maximum absolute atomic E-state index is 12.1. The lowest BCUT2D eigenvalue weighted by atomic mass is 10.1.